The van der Waals surface area contributed by atoms with Gasteiger partial charge in [-0.15, -0.1) is 0 Å². The van der Waals surface area contributed by atoms with E-state index in [0.29, 0.717) is 11.5 Å². The van der Waals surface area contributed by atoms with Crippen molar-refractivity contribution in [2.75, 3.05) is 6.61 Å². The van der Waals surface area contributed by atoms with Crippen molar-refractivity contribution in [2.45, 2.75) is 50.7 Å². The van der Waals surface area contributed by atoms with Gasteiger partial charge in [-0.1, -0.05) is 18.7 Å². The molecular formula is C15H21NO5S. The number of aliphatic carboxylic acids is 1. The molecule has 0 bridgehead atoms. The number of amides is 1. The van der Waals surface area contributed by atoms with Crippen LogP contribution in [0.5, 0.6) is 0 Å². The second kappa shape index (κ2) is 5.86. The molecule has 6 nitrogen and oxygen atoms in total. The van der Waals surface area contributed by atoms with Gasteiger partial charge in [0.1, 0.15) is 11.1 Å². The summed E-state index contributed by atoms with van der Waals surface area (Å²) in [5, 5.41) is 19.3. The van der Waals surface area contributed by atoms with Crippen LogP contribution < -0.4 is 0 Å². The largest absolute Gasteiger partial charge is 0.477 e. The zero-order valence-electron chi connectivity index (χ0n) is 12.7. The molecule has 0 radical (unpaired) electrons. The summed E-state index contributed by atoms with van der Waals surface area (Å²) in [4.78, 5) is 25.9. The number of ether oxygens (including phenoxy) is 1. The van der Waals surface area contributed by atoms with Gasteiger partial charge in [0.05, 0.1) is 18.1 Å². The van der Waals surface area contributed by atoms with E-state index in [1.165, 1.54) is 16.7 Å². The van der Waals surface area contributed by atoms with Crippen molar-refractivity contribution in [1.29, 1.82) is 0 Å². The Morgan fingerprint density at radius 3 is 2.73 bits per heavy atom. The molecule has 22 heavy (non-hydrogen) atoms. The lowest BCUT2D eigenvalue weighted by molar-refractivity contribution is -0.163. The molecule has 0 aliphatic carbocycles. The Hall–Kier alpha value is -1.05. The van der Waals surface area contributed by atoms with Gasteiger partial charge in [0.25, 0.3) is 0 Å². The van der Waals surface area contributed by atoms with E-state index in [9.17, 15) is 19.8 Å². The zero-order valence-corrected chi connectivity index (χ0v) is 13.5. The van der Waals surface area contributed by atoms with E-state index in [4.69, 9.17) is 4.74 Å². The molecule has 7 heteroatoms. The van der Waals surface area contributed by atoms with Crippen LogP contribution in [-0.2, 0) is 14.3 Å². The third-order valence-electron chi connectivity index (χ3n) is 4.71. The Morgan fingerprint density at radius 1 is 1.45 bits per heavy atom. The van der Waals surface area contributed by atoms with E-state index < -0.39 is 18.0 Å². The lowest BCUT2D eigenvalue weighted by atomic mass is 9.79. The van der Waals surface area contributed by atoms with E-state index in [2.05, 4.69) is 0 Å². The van der Waals surface area contributed by atoms with Crippen molar-refractivity contribution in [3.05, 3.63) is 10.6 Å². The topological polar surface area (TPSA) is 87.1 Å². The molecule has 0 spiro atoms. The number of rotatable bonds is 4. The van der Waals surface area contributed by atoms with Gasteiger partial charge >= 0.3 is 5.97 Å². The molecule has 0 saturated carbocycles. The Morgan fingerprint density at radius 2 is 2.18 bits per heavy atom. The Labute approximate surface area is 133 Å². The number of hydrogen-bond donors (Lipinski definition) is 2. The maximum absolute atomic E-state index is 12.2. The van der Waals surface area contributed by atoms with Gasteiger partial charge < -0.3 is 19.8 Å². The van der Waals surface area contributed by atoms with E-state index in [1.807, 2.05) is 6.92 Å². The second-order valence-electron chi connectivity index (χ2n) is 6.19. The zero-order chi connectivity index (χ0) is 16.0. The number of hydrogen-bond acceptors (Lipinski definition) is 5. The molecule has 3 heterocycles. The third-order valence-corrected chi connectivity index (χ3v) is 6.16. The molecule has 122 valence electrons. The normalized spacial score (nSPS) is 36.1. The highest BCUT2D eigenvalue weighted by molar-refractivity contribution is 8.03. The summed E-state index contributed by atoms with van der Waals surface area (Å²) < 4.78 is 5.69. The van der Waals surface area contributed by atoms with Crippen LogP contribution in [0.15, 0.2) is 10.6 Å². The molecule has 3 unspecified atom stereocenters. The fraction of sp³-hybridized carbons (Fsp3) is 0.733. The first-order valence-corrected chi connectivity index (χ1v) is 8.58. The fourth-order valence-corrected chi connectivity index (χ4v) is 5.01. The minimum Gasteiger partial charge on any atom is -0.477 e. The molecule has 3 aliphatic rings. The molecule has 0 aromatic heterocycles. The van der Waals surface area contributed by atoms with Crippen molar-refractivity contribution in [3.63, 3.8) is 0 Å². The minimum absolute atomic E-state index is 0.0423. The fourth-order valence-electron chi connectivity index (χ4n) is 3.62. The van der Waals surface area contributed by atoms with Crippen LogP contribution in [-0.4, -0.2) is 51.2 Å². The monoisotopic (exact) mass is 327 g/mol. The molecule has 2 fully saturated rings. The first-order chi connectivity index (χ1) is 10.4. The Kier molecular flexibility index (Phi) is 4.22. The number of carbonyl (C=O) groups excluding carboxylic acids is 1. The van der Waals surface area contributed by atoms with Crippen LogP contribution in [0.4, 0.5) is 0 Å². The SMILES string of the molecule is C[C@@H](O)C1C(=O)N2C(C(=O)O)=C(SC3CCCCO3)[C@H](C)C12. The molecular weight excluding hydrogens is 306 g/mol. The number of aliphatic hydroxyl groups excluding tert-OH is 1. The van der Waals surface area contributed by atoms with Gasteiger partial charge in [0.15, 0.2) is 0 Å². The Balaban J connectivity index is 1.86. The van der Waals surface area contributed by atoms with Crippen LogP contribution in [0, 0.1) is 11.8 Å². The number of carboxylic acid groups (broad SMARTS) is 1. The summed E-state index contributed by atoms with van der Waals surface area (Å²) in [6.07, 6.45) is 2.24. The van der Waals surface area contributed by atoms with E-state index >= 15 is 0 Å². The average molecular weight is 327 g/mol. The number of carbonyl (C=O) groups is 2. The molecule has 1 amide bonds. The van der Waals surface area contributed by atoms with Crippen molar-refractivity contribution >= 4 is 23.6 Å². The number of nitrogens with zero attached hydrogens (tertiary/aromatic N) is 1. The lowest BCUT2D eigenvalue weighted by Gasteiger charge is -2.46. The highest BCUT2D eigenvalue weighted by Gasteiger charge is 2.60. The van der Waals surface area contributed by atoms with Gasteiger partial charge in [-0.25, -0.2) is 4.79 Å². The van der Waals surface area contributed by atoms with E-state index in [1.54, 1.807) is 6.92 Å². The highest BCUT2D eigenvalue weighted by Crippen LogP contribution is 2.51. The van der Waals surface area contributed by atoms with Crippen LogP contribution in [0.1, 0.15) is 33.1 Å². The van der Waals surface area contributed by atoms with Crippen molar-refractivity contribution in [3.8, 4) is 0 Å². The smallest absolute Gasteiger partial charge is 0.353 e. The molecule has 3 aliphatic heterocycles. The molecule has 3 rings (SSSR count). The van der Waals surface area contributed by atoms with Crippen LogP contribution in [0.25, 0.3) is 0 Å². The lowest BCUT2D eigenvalue weighted by Crippen LogP contribution is -2.63. The molecule has 5 atom stereocenters. The van der Waals surface area contributed by atoms with Gasteiger partial charge in [0.2, 0.25) is 5.91 Å². The van der Waals surface area contributed by atoms with Crippen LogP contribution >= 0.6 is 11.8 Å². The average Bonchev–Trinajstić information content (AvgIpc) is 2.70. The molecule has 2 saturated heterocycles. The number of thioether (sulfide) groups is 1. The highest BCUT2D eigenvalue weighted by atomic mass is 32.2. The van der Waals surface area contributed by atoms with E-state index in [-0.39, 0.29) is 29.0 Å². The quantitative estimate of drug-likeness (QED) is 0.759. The summed E-state index contributed by atoms with van der Waals surface area (Å²) in [6, 6.07) is -0.246. The van der Waals surface area contributed by atoms with Gasteiger partial charge in [0, 0.05) is 17.4 Å². The number of β-lactam (4-membered cyclic amide) rings is 1. The molecule has 2 N–H and O–H groups in total. The maximum Gasteiger partial charge on any atom is 0.353 e. The van der Waals surface area contributed by atoms with Crippen molar-refractivity contribution in [2.24, 2.45) is 11.8 Å². The van der Waals surface area contributed by atoms with Crippen molar-refractivity contribution in [1.82, 2.24) is 4.90 Å². The Bertz CT molecular complexity index is 526. The van der Waals surface area contributed by atoms with E-state index in [0.717, 1.165) is 19.3 Å². The summed E-state index contributed by atoms with van der Waals surface area (Å²) in [5.41, 5.74) is 0.0397. The van der Waals surface area contributed by atoms with Gasteiger partial charge in [-0.2, -0.15) is 0 Å². The summed E-state index contributed by atoms with van der Waals surface area (Å²) >= 11 is 1.44. The number of aliphatic hydroxyl groups is 1. The van der Waals surface area contributed by atoms with Crippen molar-refractivity contribution < 1.29 is 24.5 Å². The predicted molar refractivity (Wildman–Crippen MR) is 80.8 cm³/mol. The second-order valence-corrected chi connectivity index (χ2v) is 7.39. The standard InChI is InChI=1S/C15H21NO5S/c1-7-11-10(8(2)17)14(18)16(11)12(15(19)20)13(7)22-9-5-3-4-6-21-9/h7-11,17H,3-6H2,1-2H3,(H,19,20)/t7-,8-,9?,10?,11?/m1/s1. The molecule has 0 aromatic carbocycles. The summed E-state index contributed by atoms with van der Waals surface area (Å²) in [5.74, 6) is -1.96. The summed E-state index contributed by atoms with van der Waals surface area (Å²) in [6.45, 7) is 4.22. The predicted octanol–water partition coefficient (Wildman–Crippen LogP) is 1.40. The number of carboxylic acids is 1. The first-order valence-electron chi connectivity index (χ1n) is 7.70. The van der Waals surface area contributed by atoms with Crippen LogP contribution in [0.3, 0.4) is 0 Å². The number of fused-ring (bicyclic) bond motifs is 1. The molecule has 0 aromatic rings. The summed E-state index contributed by atoms with van der Waals surface area (Å²) in [7, 11) is 0. The van der Waals surface area contributed by atoms with Gasteiger partial charge in [-0.05, 0) is 26.2 Å². The van der Waals surface area contributed by atoms with Crippen LogP contribution in [0.2, 0.25) is 0 Å². The third kappa shape index (κ3) is 2.35. The minimum atomic E-state index is -1.08. The van der Waals surface area contributed by atoms with Gasteiger partial charge in [-0.3, -0.25) is 4.79 Å². The first kappa shape index (κ1) is 15.8. The maximum atomic E-state index is 12.2.